The first-order valence-corrected chi connectivity index (χ1v) is 6.80. The molecule has 1 atom stereocenters. The molecule has 2 aromatic rings. The van der Waals surface area contributed by atoms with E-state index in [2.05, 4.69) is 51.0 Å². The standard InChI is InChI=1S/C13H16BrN3.2ClH/c1-15-8-3-5-11-10(7-8)9-4-6-12(14)16-13(9)17(11)2;;/h4,6,8,15H,3,5,7H2,1-2H3;2*1H. The van der Waals surface area contributed by atoms with E-state index in [1.165, 1.54) is 23.1 Å². The molecule has 0 saturated carbocycles. The monoisotopic (exact) mass is 365 g/mol. The highest BCUT2D eigenvalue weighted by Gasteiger charge is 2.23. The average molecular weight is 367 g/mol. The Kier molecular flexibility index (Phi) is 5.68. The van der Waals surface area contributed by atoms with E-state index in [0.717, 1.165) is 23.1 Å². The minimum Gasteiger partial charge on any atom is -0.332 e. The molecule has 0 bridgehead atoms. The van der Waals surface area contributed by atoms with Gasteiger partial charge < -0.3 is 9.88 Å². The van der Waals surface area contributed by atoms with Crippen LogP contribution in [0, 0.1) is 0 Å². The van der Waals surface area contributed by atoms with Crippen molar-refractivity contribution >= 4 is 51.8 Å². The second-order valence-electron chi connectivity index (χ2n) is 4.72. The molecule has 1 aliphatic rings. The van der Waals surface area contributed by atoms with Crippen LogP contribution >= 0.6 is 40.7 Å². The quantitative estimate of drug-likeness (QED) is 0.785. The lowest BCUT2D eigenvalue weighted by Gasteiger charge is -2.22. The number of pyridine rings is 1. The second-order valence-corrected chi connectivity index (χ2v) is 5.53. The van der Waals surface area contributed by atoms with E-state index < -0.39 is 0 Å². The number of nitrogens with one attached hydrogen (secondary N) is 1. The van der Waals surface area contributed by atoms with Crippen molar-refractivity contribution in [1.29, 1.82) is 0 Å². The molecule has 0 spiro atoms. The molecule has 0 amide bonds. The first-order chi connectivity index (χ1) is 8.20. The molecule has 1 aliphatic carbocycles. The van der Waals surface area contributed by atoms with Gasteiger partial charge in [0.05, 0.1) is 0 Å². The van der Waals surface area contributed by atoms with E-state index in [-0.39, 0.29) is 24.8 Å². The van der Waals surface area contributed by atoms with Gasteiger partial charge in [0.2, 0.25) is 0 Å². The molecule has 0 aliphatic heterocycles. The molecular weight excluding hydrogens is 349 g/mol. The van der Waals surface area contributed by atoms with Crippen LogP contribution in [0.4, 0.5) is 0 Å². The number of fused-ring (bicyclic) bond motifs is 3. The minimum absolute atomic E-state index is 0. The summed E-state index contributed by atoms with van der Waals surface area (Å²) in [4.78, 5) is 4.59. The van der Waals surface area contributed by atoms with Gasteiger partial charge in [-0.1, -0.05) is 0 Å². The Morgan fingerprint density at radius 3 is 2.79 bits per heavy atom. The third kappa shape index (κ3) is 2.77. The van der Waals surface area contributed by atoms with E-state index in [0.29, 0.717) is 6.04 Å². The highest BCUT2D eigenvalue weighted by atomic mass is 79.9. The summed E-state index contributed by atoms with van der Waals surface area (Å²) in [5.41, 5.74) is 4.03. The topological polar surface area (TPSA) is 29.9 Å². The Hall–Kier alpha value is -0.290. The van der Waals surface area contributed by atoms with Gasteiger partial charge in [0.15, 0.2) is 0 Å². The summed E-state index contributed by atoms with van der Waals surface area (Å²) in [5, 5.41) is 4.70. The summed E-state index contributed by atoms with van der Waals surface area (Å²) >= 11 is 3.45. The molecule has 6 heteroatoms. The molecule has 0 fully saturated rings. The van der Waals surface area contributed by atoms with Gasteiger partial charge >= 0.3 is 0 Å². The normalized spacial score (nSPS) is 17.5. The molecule has 0 saturated heterocycles. The molecule has 1 N–H and O–H groups in total. The summed E-state index contributed by atoms with van der Waals surface area (Å²) < 4.78 is 3.16. The lowest BCUT2D eigenvalue weighted by molar-refractivity contribution is 0.488. The van der Waals surface area contributed by atoms with Gasteiger partial charge in [0.25, 0.3) is 0 Å². The van der Waals surface area contributed by atoms with Crippen molar-refractivity contribution in [2.75, 3.05) is 7.05 Å². The van der Waals surface area contributed by atoms with Crippen LogP contribution in [0.15, 0.2) is 16.7 Å². The molecule has 1 unspecified atom stereocenters. The van der Waals surface area contributed by atoms with Crippen molar-refractivity contribution in [1.82, 2.24) is 14.9 Å². The van der Waals surface area contributed by atoms with Crippen LogP contribution in [-0.2, 0) is 19.9 Å². The maximum Gasteiger partial charge on any atom is 0.141 e. The maximum absolute atomic E-state index is 4.59. The van der Waals surface area contributed by atoms with Crippen molar-refractivity contribution in [3.05, 3.63) is 28.0 Å². The number of likely N-dealkylation sites (N-methyl/N-ethyl adjacent to an activating group) is 1. The summed E-state index contributed by atoms with van der Waals surface area (Å²) in [6.07, 6.45) is 3.48. The number of halogens is 3. The fourth-order valence-corrected chi connectivity index (χ4v) is 3.15. The molecule has 0 radical (unpaired) electrons. The smallest absolute Gasteiger partial charge is 0.141 e. The van der Waals surface area contributed by atoms with Crippen molar-refractivity contribution in [2.24, 2.45) is 7.05 Å². The third-order valence-electron chi connectivity index (χ3n) is 3.83. The van der Waals surface area contributed by atoms with Gasteiger partial charge in [0.1, 0.15) is 10.3 Å². The molecule has 2 aromatic heterocycles. The first-order valence-electron chi connectivity index (χ1n) is 6.00. The van der Waals surface area contributed by atoms with Crippen LogP contribution in [-0.4, -0.2) is 22.6 Å². The SMILES string of the molecule is CNC1CCc2c(c3ccc(Br)nc3n2C)C1.Cl.Cl. The number of hydrogen-bond acceptors (Lipinski definition) is 2. The van der Waals surface area contributed by atoms with Gasteiger partial charge in [-0.3, -0.25) is 0 Å². The van der Waals surface area contributed by atoms with Crippen molar-refractivity contribution in [2.45, 2.75) is 25.3 Å². The van der Waals surface area contributed by atoms with Crippen molar-refractivity contribution in [3.63, 3.8) is 0 Å². The minimum atomic E-state index is 0. The number of aryl methyl sites for hydroxylation is 1. The lowest BCUT2D eigenvalue weighted by atomic mass is 9.92. The summed E-state index contributed by atoms with van der Waals surface area (Å²) in [6, 6.07) is 4.83. The van der Waals surface area contributed by atoms with Gasteiger partial charge in [0, 0.05) is 24.2 Å². The van der Waals surface area contributed by atoms with E-state index in [1.807, 2.05) is 6.07 Å². The molecule has 3 rings (SSSR count). The van der Waals surface area contributed by atoms with Crippen LogP contribution in [0.2, 0.25) is 0 Å². The summed E-state index contributed by atoms with van der Waals surface area (Å²) in [5.74, 6) is 0. The van der Waals surface area contributed by atoms with Crippen LogP contribution in [0.5, 0.6) is 0 Å². The van der Waals surface area contributed by atoms with Crippen molar-refractivity contribution < 1.29 is 0 Å². The van der Waals surface area contributed by atoms with Crippen molar-refractivity contribution in [3.8, 4) is 0 Å². The predicted molar refractivity (Wildman–Crippen MR) is 87.8 cm³/mol. The number of aromatic nitrogens is 2. The Labute approximate surface area is 134 Å². The van der Waals surface area contributed by atoms with Gasteiger partial charge in [-0.25, -0.2) is 4.98 Å². The van der Waals surface area contributed by atoms with Crippen LogP contribution in [0.1, 0.15) is 17.7 Å². The Morgan fingerprint density at radius 1 is 1.37 bits per heavy atom. The molecule has 106 valence electrons. The van der Waals surface area contributed by atoms with Crippen LogP contribution < -0.4 is 5.32 Å². The predicted octanol–water partition coefficient (Wildman–Crippen LogP) is 3.26. The molecule has 2 heterocycles. The van der Waals surface area contributed by atoms with Gasteiger partial charge in [-0.2, -0.15) is 0 Å². The number of hydrogen-bond donors (Lipinski definition) is 1. The zero-order valence-corrected chi connectivity index (χ0v) is 14.2. The van der Waals surface area contributed by atoms with E-state index >= 15 is 0 Å². The molecule has 0 aromatic carbocycles. The number of nitrogens with zero attached hydrogens (tertiary/aromatic N) is 2. The second kappa shape index (κ2) is 6.44. The maximum atomic E-state index is 4.59. The lowest BCUT2D eigenvalue weighted by Crippen LogP contribution is -2.31. The molecular formula is C13H18BrCl2N3. The fraction of sp³-hybridized carbons (Fsp3) is 0.462. The average Bonchev–Trinajstić information content (AvgIpc) is 2.62. The zero-order chi connectivity index (χ0) is 12.0. The third-order valence-corrected chi connectivity index (χ3v) is 4.27. The van der Waals surface area contributed by atoms with E-state index in [4.69, 9.17) is 0 Å². The van der Waals surface area contributed by atoms with Crippen LogP contribution in [0.3, 0.4) is 0 Å². The Balaban J connectivity index is 0.000000902. The van der Waals surface area contributed by atoms with E-state index in [1.54, 1.807) is 0 Å². The zero-order valence-electron chi connectivity index (χ0n) is 10.9. The van der Waals surface area contributed by atoms with Gasteiger partial charge in [-0.05, 0) is 59.9 Å². The summed E-state index contributed by atoms with van der Waals surface area (Å²) in [7, 11) is 4.18. The largest absolute Gasteiger partial charge is 0.332 e. The highest BCUT2D eigenvalue weighted by molar-refractivity contribution is 9.10. The highest BCUT2D eigenvalue weighted by Crippen LogP contribution is 2.31. The fourth-order valence-electron chi connectivity index (χ4n) is 2.85. The first kappa shape index (κ1) is 16.8. The number of rotatable bonds is 1. The Bertz CT molecular complexity index is 583. The van der Waals surface area contributed by atoms with Crippen LogP contribution in [0.25, 0.3) is 11.0 Å². The Morgan fingerprint density at radius 2 is 2.11 bits per heavy atom. The molecule has 3 nitrogen and oxygen atoms in total. The van der Waals surface area contributed by atoms with E-state index in [9.17, 15) is 0 Å². The van der Waals surface area contributed by atoms with Gasteiger partial charge in [-0.15, -0.1) is 24.8 Å². The summed E-state index contributed by atoms with van der Waals surface area (Å²) in [6.45, 7) is 0. The molecule has 19 heavy (non-hydrogen) atoms.